The molecule has 0 aliphatic rings. The van der Waals surface area contributed by atoms with Gasteiger partial charge in [0.2, 0.25) is 5.91 Å². The molecule has 0 aliphatic heterocycles. The maximum Gasteiger partial charge on any atom is 0.249 e. The zero-order chi connectivity index (χ0) is 48.8. The smallest absolute Gasteiger partial charge is 0.249 e. The van der Waals surface area contributed by atoms with Gasteiger partial charge in [0.15, 0.2) is 0 Å². The SMILES string of the molecule is CCCCCCCCCCCCCC/C=C\CCCCCCCCCCC(O)C(=O)NC(CO)C(O)C(O)CCC/C=C/CC/C=C/CC/C=C/CCCCCCCCCCCCCCCC. The Hall–Kier alpha value is -1.73. The van der Waals surface area contributed by atoms with Crippen molar-refractivity contribution in [3.05, 3.63) is 48.6 Å². The summed E-state index contributed by atoms with van der Waals surface area (Å²) in [5.74, 6) is -0.600. The molecular formula is C61H115NO5. The highest BCUT2D eigenvalue weighted by atomic mass is 16.3. The van der Waals surface area contributed by atoms with E-state index in [2.05, 4.69) is 67.8 Å². The van der Waals surface area contributed by atoms with Crippen LogP contribution < -0.4 is 5.32 Å². The maximum absolute atomic E-state index is 12.6. The van der Waals surface area contributed by atoms with E-state index in [0.717, 1.165) is 51.4 Å². The second-order valence-electron chi connectivity index (χ2n) is 20.3. The van der Waals surface area contributed by atoms with Crippen molar-refractivity contribution in [1.82, 2.24) is 5.32 Å². The van der Waals surface area contributed by atoms with Crippen LogP contribution in [0.1, 0.15) is 303 Å². The molecule has 394 valence electrons. The number of carbonyl (C=O) groups excluding carboxylic acids is 1. The minimum absolute atomic E-state index is 0.354. The van der Waals surface area contributed by atoms with Crippen LogP contribution in [0, 0.1) is 0 Å². The Morgan fingerprint density at radius 3 is 0.940 bits per heavy atom. The maximum atomic E-state index is 12.6. The van der Waals surface area contributed by atoms with Gasteiger partial charge in [0.1, 0.15) is 12.2 Å². The Kier molecular flexibility index (Phi) is 53.8. The van der Waals surface area contributed by atoms with Gasteiger partial charge in [0.05, 0.1) is 18.8 Å². The van der Waals surface area contributed by atoms with Gasteiger partial charge < -0.3 is 25.7 Å². The third-order valence-corrected chi connectivity index (χ3v) is 13.7. The molecule has 0 bridgehead atoms. The number of hydrogen-bond acceptors (Lipinski definition) is 5. The second-order valence-corrected chi connectivity index (χ2v) is 20.3. The number of allylic oxidation sites excluding steroid dienone is 8. The van der Waals surface area contributed by atoms with Crippen molar-refractivity contribution in [2.75, 3.05) is 6.61 Å². The fraction of sp³-hybridized carbons (Fsp3) is 0.852. The topological polar surface area (TPSA) is 110 Å². The summed E-state index contributed by atoms with van der Waals surface area (Å²) < 4.78 is 0. The summed E-state index contributed by atoms with van der Waals surface area (Å²) in [5.41, 5.74) is 0. The molecule has 4 unspecified atom stereocenters. The van der Waals surface area contributed by atoms with E-state index < -0.39 is 36.9 Å². The average Bonchev–Trinajstić information content (AvgIpc) is 3.33. The van der Waals surface area contributed by atoms with Gasteiger partial charge in [-0.05, 0) is 89.9 Å². The van der Waals surface area contributed by atoms with E-state index in [0.29, 0.717) is 19.3 Å². The van der Waals surface area contributed by atoms with Gasteiger partial charge >= 0.3 is 0 Å². The number of aliphatic hydroxyl groups excluding tert-OH is 4. The molecule has 5 N–H and O–H groups in total. The highest BCUT2D eigenvalue weighted by molar-refractivity contribution is 5.80. The van der Waals surface area contributed by atoms with Crippen LogP contribution in [-0.4, -0.2) is 57.3 Å². The summed E-state index contributed by atoms with van der Waals surface area (Å²) in [6.45, 7) is 4.07. The minimum Gasteiger partial charge on any atom is -0.394 e. The Labute approximate surface area is 417 Å². The van der Waals surface area contributed by atoms with Gasteiger partial charge in [-0.1, -0.05) is 262 Å². The van der Waals surface area contributed by atoms with Gasteiger partial charge in [-0.15, -0.1) is 0 Å². The molecule has 0 aromatic carbocycles. The zero-order valence-corrected chi connectivity index (χ0v) is 44.7. The second kappa shape index (κ2) is 55.2. The van der Waals surface area contributed by atoms with Crippen LogP contribution in [0.5, 0.6) is 0 Å². The summed E-state index contributed by atoms with van der Waals surface area (Å²) in [4.78, 5) is 12.6. The fourth-order valence-electron chi connectivity index (χ4n) is 9.08. The molecule has 67 heavy (non-hydrogen) atoms. The van der Waals surface area contributed by atoms with Gasteiger partial charge in [0.25, 0.3) is 0 Å². The van der Waals surface area contributed by atoms with Crippen molar-refractivity contribution in [3.8, 4) is 0 Å². The van der Waals surface area contributed by atoms with E-state index in [1.54, 1.807) is 0 Å². The standard InChI is InChI=1S/C61H115NO5/c1-3-5-7-9-11-13-15-17-19-21-23-25-27-29-30-31-33-34-36-38-40-42-44-46-48-50-52-54-58(64)60(66)57(56-63)62-61(67)59(65)55-53-51-49-47-45-43-41-39-37-35-32-28-26-24-22-20-18-16-14-12-10-8-6-4-2/h31-33,35,38,40,46,48,57-60,63-66H,3-30,34,36-37,39,41-45,47,49-56H2,1-2H3,(H,62,67)/b33-31+,35-32-,40-38+,48-46+. The summed E-state index contributed by atoms with van der Waals surface area (Å²) in [6.07, 6.45) is 70.5. The van der Waals surface area contributed by atoms with E-state index in [9.17, 15) is 25.2 Å². The number of unbranched alkanes of at least 4 members (excludes halogenated alkanes) is 37. The Balaban J connectivity index is 3.71. The Morgan fingerprint density at radius 2 is 0.627 bits per heavy atom. The molecule has 0 spiro atoms. The van der Waals surface area contributed by atoms with E-state index in [1.807, 2.05) is 0 Å². The van der Waals surface area contributed by atoms with Crippen molar-refractivity contribution >= 4 is 5.91 Å². The molecule has 6 nitrogen and oxygen atoms in total. The molecule has 0 aliphatic carbocycles. The average molecular weight is 943 g/mol. The van der Waals surface area contributed by atoms with Crippen LogP contribution in [0.15, 0.2) is 48.6 Å². The quantitative estimate of drug-likeness (QED) is 0.0308. The number of amides is 1. The van der Waals surface area contributed by atoms with E-state index >= 15 is 0 Å². The van der Waals surface area contributed by atoms with Gasteiger partial charge in [0, 0.05) is 0 Å². The fourth-order valence-corrected chi connectivity index (χ4v) is 9.08. The van der Waals surface area contributed by atoms with Crippen LogP contribution >= 0.6 is 0 Å². The normalized spacial score (nSPS) is 14.1. The largest absolute Gasteiger partial charge is 0.394 e. The van der Waals surface area contributed by atoms with Crippen LogP contribution in [0.25, 0.3) is 0 Å². The molecule has 0 radical (unpaired) electrons. The summed E-state index contributed by atoms with van der Waals surface area (Å²) in [5, 5.41) is 44.0. The van der Waals surface area contributed by atoms with Crippen LogP contribution in [0.2, 0.25) is 0 Å². The molecular weight excluding hydrogens is 827 g/mol. The first kappa shape index (κ1) is 65.3. The lowest BCUT2D eigenvalue weighted by Gasteiger charge is -2.27. The highest BCUT2D eigenvalue weighted by Crippen LogP contribution is 2.17. The first-order valence-electron chi connectivity index (χ1n) is 29.5. The lowest BCUT2D eigenvalue weighted by Crippen LogP contribution is -2.53. The lowest BCUT2D eigenvalue weighted by atomic mass is 10.00. The van der Waals surface area contributed by atoms with E-state index in [4.69, 9.17) is 0 Å². The molecule has 0 aromatic rings. The number of rotatable bonds is 54. The summed E-state index contributed by atoms with van der Waals surface area (Å²) >= 11 is 0. The molecule has 6 heteroatoms. The Morgan fingerprint density at radius 1 is 0.358 bits per heavy atom. The molecule has 0 heterocycles. The first-order chi connectivity index (χ1) is 33.0. The van der Waals surface area contributed by atoms with Crippen molar-refractivity contribution in [2.24, 2.45) is 0 Å². The predicted octanol–water partition coefficient (Wildman–Crippen LogP) is 17.4. The van der Waals surface area contributed by atoms with Crippen molar-refractivity contribution in [1.29, 1.82) is 0 Å². The number of carbonyl (C=O) groups is 1. The van der Waals surface area contributed by atoms with Crippen LogP contribution in [0.3, 0.4) is 0 Å². The molecule has 4 atom stereocenters. The van der Waals surface area contributed by atoms with Crippen molar-refractivity contribution < 1.29 is 25.2 Å². The molecule has 0 rings (SSSR count). The van der Waals surface area contributed by atoms with Gasteiger partial charge in [-0.2, -0.15) is 0 Å². The molecule has 0 saturated carbocycles. The third-order valence-electron chi connectivity index (χ3n) is 13.7. The predicted molar refractivity (Wildman–Crippen MR) is 293 cm³/mol. The number of nitrogens with one attached hydrogen (secondary N) is 1. The monoisotopic (exact) mass is 942 g/mol. The van der Waals surface area contributed by atoms with E-state index in [-0.39, 0.29) is 0 Å². The lowest BCUT2D eigenvalue weighted by molar-refractivity contribution is -0.132. The third kappa shape index (κ3) is 49.1. The van der Waals surface area contributed by atoms with Gasteiger partial charge in [-0.25, -0.2) is 0 Å². The first-order valence-corrected chi connectivity index (χ1v) is 29.5. The van der Waals surface area contributed by atoms with E-state index in [1.165, 1.54) is 218 Å². The molecule has 1 amide bonds. The summed E-state index contributed by atoms with van der Waals surface area (Å²) in [7, 11) is 0. The number of hydrogen-bond donors (Lipinski definition) is 5. The molecule has 0 aromatic heterocycles. The van der Waals surface area contributed by atoms with Crippen LogP contribution in [0.4, 0.5) is 0 Å². The highest BCUT2D eigenvalue weighted by Gasteiger charge is 2.28. The van der Waals surface area contributed by atoms with Gasteiger partial charge in [-0.3, -0.25) is 4.79 Å². The van der Waals surface area contributed by atoms with Crippen molar-refractivity contribution in [3.63, 3.8) is 0 Å². The number of aliphatic hydroxyl groups is 4. The zero-order valence-electron chi connectivity index (χ0n) is 44.7. The summed E-state index contributed by atoms with van der Waals surface area (Å²) in [6, 6.07) is -1.02. The molecule has 0 fully saturated rings. The Bertz CT molecular complexity index is 1100. The minimum atomic E-state index is -1.30. The molecule has 0 saturated heterocycles. The van der Waals surface area contributed by atoms with Crippen LogP contribution in [-0.2, 0) is 4.79 Å². The van der Waals surface area contributed by atoms with Crippen molar-refractivity contribution in [2.45, 2.75) is 327 Å².